The summed E-state index contributed by atoms with van der Waals surface area (Å²) in [5.74, 6) is -2.32. The van der Waals surface area contributed by atoms with Crippen molar-refractivity contribution >= 4 is 0 Å². The molecule has 4 heterocycles. The Morgan fingerprint density at radius 2 is 0.357 bits per heavy atom. The number of unbranched alkanes of at least 4 members (excludes halogenated alkanes) is 60. The number of rotatable bonds is 74. The summed E-state index contributed by atoms with van der Waals surface area (Å²) in [5, 5.41) is 0. The molecular weight excluding hydrogens is 1390 g/mol. The standard InChI is InChI=1S/C96H162N8O8/c1-5-9-13-17-21-25-29-33-37-41-45-49-53-57-61-65-72-101-77-83(89(105)97-93(101)109)87(84-78-102(94(110)98-90(84)106)73-66-62-58-54-50-46-42-38-34-30-26-22-18-14-10-6-2)81-70-69-71-82(76-81)88(85-79-103(95(111)99-91(85)107)74-67-63-59-55-51-47-43-39-35-31-27-23-19-15-11-7-3)86-80-104(96(112)100-92(86)108)75-68-64-60-56-52-48-44-40-36-32-28-24-20-16-12-8-4/h69-71,76-80,87-88H,5-68,72-75H2,1-4H3,(H,97,105,109)(H,98,106,110)(H,99,107,111)(H,100,108,112). The van der Waals surface area contributed by atoms with Gasteiger partial charge in [0.2, 0.25) is 0 Å². The lowest BCUT2D eigenvalue weighted by molar-refractivity contribution is 0.513. The van der Waals surface area contributed by atoms with Crippen LogP contribution in [0.4, 0.5) is 0 Å². The zero-order valence-corrected chi connectivity index (χ0v) is 71.9. The number of aromatic nitrogens is 8. The normalized spacial score (nSPS) is 11.8. The summed E-state index contributed by atoms with van der Waals surface area (Å²) in [6, 6.07) is 7.10. The highest BCUT2D eigenvalue weighted by Gasteiger charge is 2.30. The van der Waals surface area contributed by atoms with E-state index in [9.17, 15) is 38.4 Å². The Bertz CT molecular complexity index is 3250. The summed E-state index contributed by atoms with van der Waals surface area (Å²) < 4.78 is 6.08. The van der Waals surface area contributed by atoms with Crippen molar-refractivity contribution in [2.75, 3.05) is 0 Å². The molecule has 4 aromatic heterocycles. The van der Waals surface area contributed by atoms with Gasteiger partial charge in [-0.1, -0.05) is 437 Å². The number of aryl methyl sites for hydroxylation is 4. The van der Waals surface area contributed by atoms with Crippen molar-refractivity contribution in [3.05, 3.63) is 166 Å². The molecule has 0 aliphatic carbocycles. The second kappa shape index (κ2) is 63.2. The molecule has 0 unspecified atom stereocenters. The van der Waals surface area contributed by atoms with E-state index >= 15 is 0 Å². The van der Waals surface area contributed by atoms with E-state index in [2.05, 4.69) is 47.6 Å². The average Bonchev–Trinajstić information content (AvgIpc) is 0.761. The SMILES string of the molecule is CCCCCCCCCCCCCCCCCCn1cc(C(c2cccc(C(c3cn(CCCCCCCCCCCCCCCCCC)c(=O)[nH]c3=O)c3cn(CCCCCCCCCCCCCCCCCC)c(=O)[nH]c3=O)c2)c2cn(CCCCCCCCCCCCCCCCCC)c(=O)[nH]c2=O)c(=O)[nH]c1=O. The van der Waals surface area contributed by atoms with Crippen LogP contribution in [-0.4, -0.2) is 38.2 Å². The quantitative estimate of drug-likeness (QED) is 0.0274. The Morgan fingerprint density at radius 3 is 0.509 bits per heavy atom. The van der Waals surface area contributed by atoms with Crippen LogP contribution in [0.3, 0.4) is 0 Å². The fraction of sp³-hybridized carbons (Fsp3) is 0.771. The Balaban J connectivity index is 1.42. The second-order valence-corrected chi connectivity index (χ2v) is 33.9. The predicted octanol–water partition coefficient (Wildman–Crippen LogP) is 24.5. The zero-order chi connectivity index (χ0) is 80.1. The smallest absolute Gasteiger partial charge is 0.300 e. The number of H-pyrrole nitrogens is 4. The van der Waals surface area contributed by atoms with Crippen LogP contribution < -0.4 is 45.0 Å². The van der Waals surface area contributed by atoms with E-state index in [-0.39, 0.29) is 22.3 Å². The maximum absolute atomic E-state index is 14.7. The minimum atomic E-state index is -1.16. The fourth-order valence-electron chi connectivity index (χ4n) is 16.9. The summed E-state index contributed by atoms with van der Waals surface area (Å²) >= 11 is 0. The van der Waals surface area contributed by atoms with Gasteiger partial charge >= 0.3 is 22.8 Å². The molecule has 0 saturated heterocycles. The first-order valence-corrected chi connectivity index (χ1v) is 47.4. The third kappa shape index (κ3) is 41.0. The molecule has 0 atom stereocenters. The monoisotopic (exact) mass is 1560 g/mol. The van der Waals surface area contributed by atoms with Gasteiger partial charge in [0.05, 0.1) is 0 Å². The molecule has 112 heavy (non-hydrogen) atoms. The summed E-state index contributed by atoms with van der Waals surface area (Å²) in [6.45, 7) is 10.4. The molecule has 0 bridgehead atoms. The van der Waals surface area contributed by atoms with Gasteiger partial charge < -0.3 is 18.3 Å². The van der Waals surface area contributed by atoms with Crippen LogP contribution >= 0.6 is 0 Å². The first-order valence-electron chi connectivity index (χ1n) is 47.4. The lowest BCUT2D eigenvalue weighted by Gasteiger charge is -2.23. The molecule has 5 rings (SSSR count). The maximum Gasteiger partial charge on any atom is 0.328 e. The van der Waals surface area contributed by atoms with Crippen molar-refractivity contribution in [1.29, 1.82) is 0 Å². The van der Waals surface area contributed by atoms with Crippen LogP contribution in [0, 0.1) is 0 Å². The highest BCUT2D eigenvalue weighted by atomic mass is 16.2. The van der Waals surface area contributed by atoms with Crippen LogP contribution in [0.1, 0.15) is 484 Å². The number of hydrogen-bond donors (Lipinski definition) is 4. The summed E-state index contributed by atoms with van der Waals surface area (Å²) in [4.78, 5) is 125. The Morgan fingerprint density at radius 1 is 0.214 bits per heavy atom. The minimum Gasteiger partial charge on any atom is -0.300 e. The topological polar surface area (TPSA) is 219 Å². The van der Waals surface area contributed by atoms with E-state index in [1.54, 1.807) is 49.1 Å². The maximum atomic E-state index is 14.7. The van der Waals surface area contributed by atoms with E-state index in [0.29, 0.717) is 63.0 Å². The second-order valence-electron chi connectivity index (χ2n) is 33.9. The summed E-state index contributed by atoms with van der Waals surface area (Å²) in [7, 11) is 0. The molecule has 0 spiro atoms. The summed E-state index contributed by atoms with van der Waals surface area (Å²) in [5.41, 5.74) is -3.72. The lowest BCUT2D eigenvalue weighted by Crippen LogP contribution is -2.37. The number of aromatic amines is 4. The van der Waals surface area contributed by atoms with E-state index in [1.807, 2.05) is 0 Å². The molecule has 0 aliphatic heterocycles. The van der Waals surface area contributed by atoms with Gasteiger partial charge in [0, 0.05) is 85.1 Å². The molecule has 16 nitrogen and oxygen atoms in total. The molecule has 0 aliphatic rings. The predicted molar refractivity (Wildman–Crippen MR) is 472 cm³/mol. The highest BCUT2D eigenvalue weighted by Crippen LogP contribution is 2.34. The van der Waals surface area contributed by atoms with Gasteiger partial charge in [0.15, 0.2) is 0 Å². The van der Waals surface area contributed by atoms with Gasteiger partial charge in [0.1, 0.15) is 0 Å². The Kier molecular flexibility index (Phi) is 54.5. The number of benzene rings is 1. The van der Waals surface area contributed by atoms with Crippen LogP contribution in [0.25, 0.3) is 0 Å². The van der Waals surface area contributed by atoms with Gasteiger partial charge in [-0.2, -0.15) is 0 Å². The largest absolute Gasteiger partial charge is 0.328 e. The van der Waals surface area contributed by atoms with Gasteiger partial charge in [-0.25, -0.2) is 19.2 Å². The zero-order valence-electron chi connectivity index (χ0n) is 71.9. The van der Waals surface area contributed by atoms with Gasteiger partial charge in [0.25, 0.3) is 22.2 Å². The first kappa shape index (κ1) is 96.5. The summed E-state index contributed by atoms with van der Waals surface area (Å²) in [6.07, 6.45) is 83.7. The van der Waals surface area contributed by atoms with Crippen molar-refractivity contribution in [3.63, 3.8) is 0 Å². The number of nitrogens with zero attached hydrogens (tertiary/aromatic N) is 4. The van der Waals surface area contributed by atoms with E-state index < -0.39 is 56.8 Å². The third-order valence-corrected chi connectivity index (χ3v) is 24.0. The third-order valence-electron chi connectivity index (χ3n) is 24.0. The van der Waals surface area contributed by atoms with Crippen molar-refractivity contribution in [2.24, 2.45) is 0 Å². The molecule has 634 valence electrons. The van der Waals surface area contributed by atoms with Gasteiger partial charge in [-0.05, 0) is 36.8 Å². The number of nitrogens with one attached hydrogen (secondary N) is 4. The molecule has 1 aromatic carbocycles. The number of hydrogen-bond acceptors (Lipinski definition) is 8. The Labute approximate surface area is 677 Å². The van der Waals surface area contributed by atoms with Crippen molar-refractivity contribution in [2.45, 2.75) is 477 Å². The molecule has 0 fully saturated rings. The van der Waals surface area contributed by atoms with Crippen LogP contribution in [-0.2, 0) is 26.2 Å². The van der Waals surface area contributed by atoms with E-state index in [0.717, 1.165) is 77.0 Å². The van der Waals surface area contributed by atoms with Crippen LogP contribution in [0.15, 0.2) is 87.4 Å². The highest BCUT2D eigenvalue weighted by molar-refractivity contribution is 5.46. The van der Waals surface area contributed by atoms with Crippen molar-refractivity contribution in [3.8, 4) is 0 Å². The van der Waals surface area contributed by atoms with Crippen molar-refractivity contribution in [1.82, 2.24) is 38.2 Å². The average molecular weight is 1560 g/mol. The molecule has 0 saturated carbocycles. The van der Waals surface area contributed by atoms with Gasteiger partial charge in [-0.3, -0.25) is 39.1 Å². The molecule has 5 aromatic rings. The Hall–Kier alpha value is -6.06. The van der Waals surface area contributed by atoms with E-state index in [1.165, 1.54) is 326 Å². The molecule has 0 amide bonds. The van der Waals surface area contributed by atoms with E-state index in [4.69, 9.17) is 0 Å². The first-order chi connectivity index (χ1) is 54.9. The van der Waals surface area contributed by atoms with Crippen LogP contribution in [0.5, 0.6) is 0 Å². The fourth-order valence-corrected chi connectivity index (χ4v) is 16.9. The minimum absolute atomic E-state index is 0.110. The molecule has 16 heteroatoms. The van der Waals surface area contributed by atoms with Gasteiger partial charge in [-0.15, -0.1) is 0 Å². The van der Waals surface area contributed by atoms with Crippen molar-refractivity contribution < 1.29 is 0 Å². The lowest BCUT2D eigenvalue weighted by atomic mass is 9.82. The molecule has 0 radical (unpaired) electrons. The molecular formula is C96H162N8O8. The molecule has 4 N–H and O–H groups in total. The van der Waals surface area contributed by atoms with Crippen LogP contribution in [0.2, 0.25) is 0 Å².